The Balaban J connectivity index is 1.53. The van der Waals surface area contributed by atoms with Crippen LogP contribution in [0.15, 0.2) is 47.0 Å². The van der Waals surface area contributed by atoms with E-state index in [9.17, 15) is 13.2 Å². The van der Waals surface area contributed by atoms with E-state index in [1.807, 2.05) is 56.3 Å². The van der Waals surface area contributed by atoms with Crippen molar-refractivity contribution < 1.29 is 17.7 Å². The summed E-state index contributed by atoms with van der Waals surface area (Å²) in [7, 11) is -3.47. The summed E-state index contributed by atoms with van der Waals surface area (Å²) in [6.07, 6.45) is 1.72. The van der Waals surface area contributed by atoms with Crippen LogP contribution in [0.2, 0.25) is 0 Å². The molecule has 3 aromatic rings. The van der Waals surface area contributed by atoms with Crippen LogP contribution in [0.25, 0.3) is 11.4 Å². The summed E-state index contributed by atoms with van der Waals surface area (Å²) in [4.78, 5) is 16.7. The Hall–Kier alpha value is -3.20. The van der Waals surface area contributed by atoms with Gasteiger partial charge < -0.3 is 9.84 Å². The zero-order valence-corrected chi connectivity index (χ0v) is 22.1. The van der Waals surface area contributed by atoms with Gasteiger partial charge in [0.1, 0.15) is 0 Å². The maximum atomic E-state index is 12.3. The number of hydrogen-bond donors (Lipinski definition) is 1. The van der Waals surface area contributed by atoms with Crippen molar-refractivity contribution in [2.24, 2.45) is 0 Å². The van der Waals surface area contributed by atoms with Crippen LogP contribution in [0.4, 0.5) is 5.69 Å². The molecular formula is C26H34N4O4S. The summed E-state index contributed by atoms with van der Waals surface area (Å²) in [6.45, 7) is 10.6. The summed E-state index contributed by atoms with van der Waals surface area (Å²) < 4.78 is 31.3. The summed E-state index contributed by atoms with van der Waals surface area (Å²) >= 11 is 0. The van der Waals surface area contributed by atoms with Crippen LogP contribution in [-0.2, 0) is 26.8 Å². The molecule has 2 aromatic carbocycles. The Morgan fingerprint density at radius 3 is 2.26 bits per heavy atom. The van der Waals surface area contributed by atoms with E-state index >= 15 is 0 Å². The van der Waals surface area contributed by atoms with Gasteiger partial charge >= 0.3 is 0 Å². The van der Waals surface area contributed by atoms with Gasteiger partial charge in [-0.25, -0.2) is 8.42 Å². The Bertz CT molecular complexity index is 1260. The first-order valence-corrected chi connectivity index (χ1v) is 13.4. The number of anilines is 1. The van der Waals surface area contributed by atoms with E-state index in [1.165, 1.54) is 16.1 Å². The molecule has 0 aliphatic carbocycles. The molecule has 0 aliphatic rings. The monoisotopic (exact) mass is 498 g/mol. The lowest BCUT2D eigenvalue weighted by Gasteiger charge is -2.23. The van der Waals surface area contributed by atoms with E-state index in [0.29, 0.717) is 23.8 Å². The molecule has 0 radical (unpaired) electrons. The third-order valence-corrected chi connectivity index (χ3v) is 6.77. The van der Waals surface area contributed by atoms with E-state index in [2.05, 4.69) is 36.2 Å². The van der Waals surface area contributed by atoms with Gasteiger partial charge in [0.15, 0.2) is 0 Å². The van der Waals surface area contributed by atoms with E-state index in [-0.39, 0.29) is 30.8 Å². The number of sulfonamides is 1. The van der Waals surface area contributed by atoms with Crippen molar-refractivity contribution >= 4 is 21.6 Å². The largest absolute Gasteiger partial charge is 0.347 e. The lowest BCUT2D eigenvalue weighted by atomic mass is 9.87. The van der Waals surface area contributed by atoms with Gasteiger partial charge in [-0.1, -0.05) is 56.3 Å². The number of rotatable bonds is 9. The molecule has 1 heterocycles. The standard InChI is InChI=1S/C26H34N4O4S/c1-18-14-19(2)16-22(15-18)30(35(6,32)33)13-7-8-23(31)27-17-24-28-25(29-34-24)20-9-11-21(12-10-20)26(3,4)5/h9-12,14-16H,7-8,13,17H2,1-6H3,(H,27,31). The summed E-state index contributed by atoms with van der Waals surface area (Å²) in [5, 5.41) is 6.77. The highest BCUT2D eigenvalue weighted by Gasteiger charge is 2.19. The number of aromatic nitrogens is 2. The molecule has 0 bridgehead atoms. The Labute approximate surface area is 207 Å². The fourth-order valence-corrected chi connectivity index (χ4v) is 4.74. The van der Waals surface area contributed by atoms with E-state index in [0.717, 1.165) is 16.7 Å². The van der Waals surface area contributed by atoms with Crippen LogP contribution in [-0.4, -0.2) is 37.3 Å². The normalized spacial score (nSPS) is 11.9. The molecule has 0 atom stereocenters. The van der Waals surface area contributed by atoms with Crippen LogP contribution < -0.4 is 9.62 Å². The minimum absolute atomic E-state index is 0.0581. The molecular weight excluding hydrogens is 464 g/mol. The third-order valence-electron chi connectivity index (χ3n) is 5.57. The average Bonchev–Trinajstić information content (AvgIpc) is 3.22. The van der Waals surface area contributed by atoms with Gasteiger partial charge in [0.05, 0.1) is 18.5 Å². The highest BCUT2D eigenvalue weighted by atomic mass is 32.2. The van der Waals surface area contributed by atoms with Crippen LogP contribution >= 0.6 is 0 Å². The maximum Gasteiger partial charge on any atom is 0.246 e. The van der Waals surface area contributed by atoms with E-state index in [4.69, 9.17) is 4.52 Å². The van der Waals surface area contributed by atoms with Crippen LogP contribution in [0.5, 0.6) is 0 Å². The number of amides is 1. The first-order chi connectivity index (χ1) is 16.3. The van der Waals surface area contributed by atoms with Crippen molar-refractivity contribution in [1.29, 1.82) is 0 Å². The number of benzene rings is 2. The Morgan fingerprint density at radius 1 is 1.06 bits per heavy atom. The zero-order chi connectivity index (χ0) is 25.8. The molecule has 0 saturated carbocycles. The molecule has 0 fully saturated rings. The van der Waals surface area contributed by atoms with Gasteiger partial charge in [-0.2, -0.15) is 4.98 Å². The van der Waals surface area contributed by atoms with Gasteiger partial charge in [0.25, 0.3) is 0 Å². The number of carbonyl (C=O) groups is 1. The zero-order valence-electron chi connectivity index (χ0n) is 21.3. The second-order valence-corrected chi connectivity index (χ2v) is 11.8. The SMILES string of the molecule is Cc1cc(C)cc(N(CCCC(=O)NCc2nc(-c3ccc(C(C)(C)C)cc3)no2)S(C)(=O)=O)c1. The smallest absolute Gasteiger partial charge is 0.246 e. The number of nitrogens with zero attached hydrogens (tertiary/aromatic N) is 3. The van der Waals surface area contributed by atoms with Gasteiger partial charge in [0, 0.05) is 18.5 Å². The van der Waals surface area contributed by atoms with Crippen molar-refractivity contribution in [2.45, 2.75) is 59.4 Å². The fourth-order valence-electron chi connectivity index (χ4n) is 3.79. The quantitative estimate of drug-likeness (QED) is 0.465. The van der Waals surface area contributed by atoms with Crippen molar-refractivity contribution in [3.63, 3.8) is 0 Å². The molecule has 1 aromatic heterocycles. The summed E-state index contributed by atoms with van der Waals surface area (Å²) in [6, 6.07) is 13.7. The predicted molar refractivity (Wildman–Crippen MR) is 138 cm³/mol. The minimum Gasteiger partial charge on any atom is -0.347 e. The average molecular weight is 499 g/mol. The molecule has 0 unspecified atom stereocenters. The minimum atomic E-state index is -3.47. The van der Waals surface area contributed by atoms with E-state index in [1.54, 1.807) is 0 Å². The second-order valence-electron chi connectivity index (χ2n) is 9.90. The highest BCUT2D eigenvalue weighted by molar-refractivity contribution is 7.92. The van der Waals surface area contributed by atoms with Crippen molar-refractivity contribution in [2.75, 3.05) is 17.1 Å². The highest BCUT2D eigenvalue weighted by Crippen LogP contribution is 2.25. The number of aryl methyl sites for hydroxylation is 2. The molecule has 8 nitrogen and oxygen atoms in total. The molecule has 9 heteroatoms. The van der Waals surface area contributed by atoms with Crippen molar-refractivity contribution in [3.05, 3.63) is 65.0 Å². The first kappa shape index (κ1) is 26.4. The van der Waals surface area contributed by atoms with Gasteiger partial charge in [-0.15, -0.1) is 0 Å². The number of nitrogens with one attached hydrogen (secondary N) is 1. The van der Waals surface area contributed by atoms with Crippen molar-refractivity contribution in [1.82, 2.24) is 15.5 Å². The molecule has 1 N–H and O–H groups in total. The summed E-state index contributed by atoms with van der Waals surface area (Å²) in [5.41, 5.74) is 4.68. The molecule has 3 rings (SSSR count). The van der Waals surface area contributed by atoms with Crippen molar-refractivity contribution in [3.8, 4) is 11.4 Å². The number of hydrogen-bond acceptors (Lipinski definition) is 6. The lowest BCUT2D eigenvalue weighted by Crippen LogP contribution is -2.32. The maximum absolute atomic E-state index is 12.3. The van der Waals surface area contributed by atoms with Gasteiger partial charge in [-0.05, 0) is 54.5 Å². The van der Waals surface area contributed by atoms with Crippen LogP contribution in [0.3, 0.4) is 0 Å². The molecule has 0 saturated heterocycles. The molecule has 35 heavy (non-hydrogen) atoms. The number of carbonyl (C=O) groups excluding carboxylic acids is 1. The third kappa shape index (κ3) is 7.39. The van der Waals surface area contributed by atoms with Gasteiger partial charge in [0.2, 0.25) is 27.6 Å². The Kier molecular flexibility index (Phi) is 8.00. The van der Waals surface area contributed by atoms with Crippen LogP contribution in [0, 0.1) is 13.8 Å². The topological polar surface area (TPSA) is 105 Å². The lowest BCUT2D eigenvalue weighted by molar-refractivity contribution is -0.121. The fraction of sp³-hybridized carbons (Fsp3) is 0.423. The summed E-state index contributed by atoms with van der Waals surface area (Å²) in [5.74, 6) is 0.557. The predicted octanol–water partition coefficient (Wildman–Crippen LogP) is 4.51. The van der Waals surface area contributed by atoms with E-state index < -0.39 is 10.0 Å². The van der Waals surface area contributed by atoms with Gasteiger partial charge in [-0.3, -0.25) is 9.10 Å². The Morgan fingerprint density at radius 2 is 1.69 bits per heavy atom. The van der Waals surface area contributed by atoms with Crippen LogP contribution in [0.1, 0.15) is 56.2 Å². The molecule has 188 valence electrons. The first-order valence-electron chi connectivity index (χ1n) is 11.6. The molecule has 0 spiro atoms. The molecule has 1 amide bonds. The second kappa shape index (κ2) is 10.6. The molecule has 0 aliphatic heterocycles.